The lowest BCUT2D eigenvalue weighted by Gasteiger charge is -2.39. The Bertz CT molecular complexity index is 501. The van der Waals surface area contributed by atoms with Crippen LogP contribution in [0.25, 0.3) is 0 Å². The van der Waals surface area contributed by atoms with Gasteiger partial charge in [-0.1, -0.05) is 0 Å². The number of methoxy groups -OCH3 is 1. The summed E-state index contributed by atoms with van der Waals surface area (Å²) in [6.45, 7) is 6.90. The Labute approximate surface area is 119 Å². The molecule has 0 bridgehead atoms. The van der Waals surface area contributed by atoms with Crippen LogP contribution in [-0.2, 0) is 9.47 Å². The minimum Gasteiger partial charge on any atom is -0.481 e. The topological polar surface area (TPSA) is 56.7 Å². The van der Waals surface area contributed by atoms with E-state index in [1.807, 2.05) is 13.8 Å². The first kappa shape index (κ1) is 13.6. The maximum atomic E-state index is 5.82. The third kappa shape index (κ3) is 2.33. The van der Waals surface area contributed by atoms with Gasteiger partial charge in [-0.3, -0.25) is 0 Å². The highest BCUT2D eigenvalue weighted by Crippen LogP contribution is 2.34. The first-order valence-electron chi connectivity index (χ1n) is 7.06. The van der Waals surface area contributed by atoms with Crippen molar-refractivity contribution in [3.8, 4) is 5.88 Å². The van der Waals surface area contributed by atoms with E-state index in [9.17, 15) is 0 Å². The van der Waals surface area contributed by atoms with E-state index < -0.39 is 5.79 Å². The molecule has 110 valence electrons. The molecule has 0 N–H and O–H groups in total. The molecule has 3 heterocycles. The van der Waals surface area contributed by atoms with Gasteiger partial charge in [-0.25, -0.2) is 4.98 Å². The van der Waals surface area contributed by atoms with E-state index in [4.69, 9.17) is 14.2 Å². The minimum absolute atomic E-state index is 0.448. The van der Waals surface area contributed by atoms with Gasteiger partial charge >= 0.3 is 0 Å². The van der Waals surface area contributed by atoms with Crippen LogP contribution in [0.1, 0.15) is 24.2 Å². The molecule has 0 aromatic carbocycles. The quantitative estimate of drug-likeness (QED) is 0.816. The molecule has 2 fully saturated rings. The fourth-order valence-electron chi connectivity index (χ4n) is 3.00. The van der Waals surface area contributed by atoms with Gasteiger partial charge in [0.05, 0.1) is 32.4 Å². The number of aromatic nitrogens is 2. The molecule has 2 aliphatic heterocycles. The molecule has 0 radical (unpaired) electrons. The van der Waals surface area contributed by atoms with Gasteiger partial charge in [-0.05, 0) is 20.3 Å². The Morgan fingerprint density at radius 2 is 1.95 bits per heavy atom. The van der Waals surface area contributed by atoms with E-state index in [2.05, 4.69) is 14.9 Å². The van der Waals surface area contributed by atoms with Crippen LogP contribution in [0.3, 0.4) is 0 Å². The number of anilines is 1. The molecular formula is C14H21N3O3. The van der Waals surface area contributed by atoms with Crippen LogP contribution in [0.5, 0.6) is 5.88 Å². The van der Waals surface area contributed by atoms with Crippen LogP contribution in [0.15, 0.2) is 0 Å². The lowest BCUT2D eigenvalue weighted by atomic mass is 10.0. The van der Waals surface area contributed by atoms with Crippen molar-refractivity contribution in [2.75, 3.05) is 38.3 Å². The normalized spacial score (nSPS) is 21.4. The van der Waals surface area contributed by atoms with Gasteiger partial charge in [0.2, 0.25) is 5.88 Å². The second-order valence-corrected chi connectivity index (χ2v) is 5.36. The standard InChI is InChI=1S/C14H21N3O3/c1-10-12(15-11(2)16-13(10)18-3)17-6-4-5-14(9-17)19-7-8-20-14/h4-9H2,1-3H3. The van der Waals surface area contributed by atoms with E-state index >= 15 is 0 Å². The molecule has 0 unspecified atom stereocenters. The second kappa shape index (κ2) is 5.18. The molecular weight excluding hydrogens is 258 g/mol. The predicted molar refractivity (Wildman–Crippen MR) is 74.1 cm³/mol. The number of hydrogen-bond donors (Lipinski definition) is 0. The summed E-state index contributed by atoms with van der Waals surface area (Å²) in [5, 5.41) is 0. The van der Waals surface area contributed by atoms with Crippen molar-refractivity contribution in [2.45, 2.75) is 32.5 Å². The number of nitrogens with zero attached hydrogens (tertiary/aromatic N) is 3. The van der Waals surface area contributed by atoms with Crippen LogP contribution < -0.4 is 9.64 Å². The highest BCUT2D eigenvalue weighted by Gasteiger charge is 2.41. The van der Waals surface area contributed by atoms with Crippen molar-refractivity contribution in [1.29, 1.82) is 0 Å². The van der Waals surface area contributed by atoms with Crippen LogP contribution in [0, 0.1) is 13.8 Å². The largest absolute Gasteiger partial charge is 0.481 e. The molecule has 1 aromatic rings. The summed E-state index contributed by atoms with van der Waals surface area (Å²) >= 11 is 0. The fourth-order valence-corrected chi connectivity index (χ4v) is 3.00. The smallest absolute Gasteiger partial charge is 0.221 e. The predicted octanol–water partition coefficient (Wildman–Crippen LogP) is 1.45. The van der Waals surface area contributed by atoms with Gasteiger partial charge in [-0.2, -0.15) is 4.98 Å². The monoisotopic (exact) mass is 279 g/mol. The summed E-state index contributed by atoms with van der Waals surface area (Å²) in [5.74, 6) is 1.83. The lowest BCUT2D eigenvalue weighted by molar-refractivity contribution is -0.161. The SMILES string of the molecule is COc1nc(C)nc(N2CCCC3(C2)OCCO3)c1C. The molecule has 6 nitrogen and oxygen atoms in total. The van der Waals surface area contributed by atoms with Crippen molar-refractivity contribution < 1.29 is 14.2 Å². The van der Waals surface area contributed by atoms with Gasteiger partial charge in [0.1, 0.15) is 11.6 Å². The zero-order valence-electron chi connectivity index (χ0n) is 12.3. The maximum Gasteiger partial charge on any atom is 0.221 e. The Morgan fingerprint density at radius 3 is 2.65 bits per heavy atom. The Kier molecular flexibility index (Phi) is 3.52. The third-order valence-electron chi connectivity index (χ3n) is 3.91. The zero-order valence-corrected chi connectivity index (χ0v) is 12.3. The zero-order chi connectivity index (χ0) is 14.2. The molecule has 3 rings (SSSR count). The average Bonchev–Trinajstić information content (AvgIpc) is 2.89. The maximum absolute atomic E-state index is 5.82. The van der Waals surface area contributed by atoms with Gasteiger partial charge in [0.25, 0.3) is 0 Å². The summed E-state index contributed by atoms with van der Waals surface area (Å²) < 4.78 is 17.0. The van der Waals surface area contributed by atoms with Crippen molar-refractivity contribution in [3.63, 3.8) is 0 Å². The average molecular weight is 279 g/mol. The molecule has 6 heteroatoms. The number of rotatable bonds is 2. The highest BCUT2D eigenvalue weighted by molar-refractivity contribution is 5.51. The van der Waals surface area contributed by atoms with Gasteiger partial charge in [0, 0.05) is 13.0 Å². The van der Waals surface area contributed by atoms with Crippen LogP contribution in [0.2, 0.25) is 0 Å². The van der Waals surface area contributed by atoms with Crippen LogP contribution >= 0.6 is 0 Å². The van der Waals surface area contributed by atoms with Crippen molar-refractivity contribution in [2.24, 2.45) is 0 Å². The minimum atomic E-state index is -0.448. The summed E-state index contributed by atoms with van der Waals surface area (Å²) in [6, 6.07) is 0. The molecule has 0 atom stereocenters. The molecule has 0 aliphatic carbocycles. The number of aryl methyl sites for hydroxylation is 1. The first-order chi connectivity index (χ1) is 9.63. The molecule has 2 aliphatic rings. The van der Waals surface area contributed by atoms with E-state index in [0.29, 0.717) is 25.6 Å². The van der Waals surface area contributed by atoms with E-state index in [0.717, 1.165) is 36.6 Å². The van der Waals surface area contributed by atoms with Gasteiger partial charge in [0.15, 0.2) is 5.79 Å². The van der Waals surface area contributed by atoms with Crippen LogP contribution in [-0.4, -0.2) is 49.2 Å². The van der Waals surface area contributed by atoms with E-state index in [1.165, 1.54) is 0 Å². The third-order valence-corrected chi connectivity index (χ3v) is 3.91. The molecule has 2 saturated heterocycles. The number of hydrogen-bond acceptors (Lipinski definition) is 6. The van der Waals surface area contributed by atoms with Crippen molar-refractivity contribution in [1.82, 2.24) is 9.97 Å². The highest BCUT2D eigenvalue weighted by atomic mass is 16.7. The summed E-state index contributed by atoms with van der Waals surface area (Å²) in [4.78, 5) is 11.1. The molecule has 0 amide bonds. The van der Waals surface area contributed by atoms with Crippen LogP contribution in [0.4, 0.5) is 5.82 Å². The molecule has 1 spiro atoms. The number of piperidine rings is 1. The Balaban J connectivity index is 1.90. The Hall–Kier alpha value is -1.40. The van der Waals surface area contributed by atoms with Crippen molar-refractivity contribution >= 4 is 5.82 Å². The Morgan fingerprint density at radius 1 is 1.20 bits per heavy atom. The van der Waals surface area contributed by atoms with E-state index in [1.54, 1.807) is 7.11 Å². The molecule has 20 heavy (non-hydrogen) atoms. The summed E-state index contributed by atoms with van der Waals surface area (Å²) in [6.07, 6.45) is 1.98. The van der Waals surface area contributed by atoms with Gasteiger partial charge < -0.3 is 19.1 Å². The number of ether oxygens (including phenoxy) is 3. The molecule has 0 saturated carbocycles. The summed E-state index contributed by atoms with van der Waals surface area (Å²) in [5.41, 5.74) is 0.966. The van der Waals surface area contributed by atoms with Crippen molar-refractivity contribution in [3.05, 3.63) is 11.4 Å². The lowest BCUT2D eigenvalue weighted by Crippen LogP contribution is -2.49. The summed E-state index contributed by atoms with van der Waals surface area (Å²) in [7, 11) is 1.64. The van der Waals surface area contributed by atoms with E-state index in [-0.39, 0.29) is 0 Å². The fraction of sp³-hybridized carbons (Fsp3) is 0.714. The van der Waals surface area contributed by atoms with Gasteiger partial charge in [-0.15, -0.1) is 0 Å². The first-order valence-corrected chi connectivity index (χ1v) is 7.06. The molecule has 1 aromatic heterocycles. The second-order valence-electron chi connectivity index (χ2n) is 5.36.